The second kappa shape index (κ2) is 23.6. The third-order valence-electron chi connectivity index (χ3n) is 4.06. The number of aliphatic carboxylic acids is 1. The van der Waals surface area contributed by atoms with Crippen LogP contribution in [0.2, 0.25) is 0 Å². The second-order valence-electron chi connectivity index (χ2n) is 6.51. The molecule has 5 heteroatoms. The number of hydrogen-bond donors (Lipinski definition) is 1. The van der Waals surface area contributed by atoms with Crippen LogP contribution in [-0.2, 0) is 14.3 Å². The molecule has 0 aliphatic rings. The highest BCUT2D eigenvalue weighted by molar-refractivity contribution is 5.85. The van der Waals surface area contributed by atoms with Gasteiger partial charge in [-0.2, -0.15) is 0 Å². The molecule has 0 fully saturated rings. The maximum absolute atomic E-state index is 10.8. The number of esters is 1. The Morgan fingerprint density at radius 2 is 1.27 bits per heavy atom. The van der Waals surface area contributed by atoms with E-state index in [1.54, 1.807) is 13.1 Å². The lowest BCUT2D eigenvalue weighted by atomic mass is 10.1. The molecule has 0 saturated heterocycles. The zero-order valence-corrected chi connectivity index (χ0v) is 17.3. The largest absolute Gasteiger partial charge is 0.481 e. The van der Waals surface area contributed by atoms with E-state index in [1.165, 1.54) is 77.7 Å². The van der Waals surface area contributed by atoms with E-state index in [-0.39, 0.29) is 12.4 Å². The molecule has 0 bridgehead atoms. The number of unbranched alkanes of at least 4 members (excludes halogenated alkanes) is 11. The van der Waals surface area contributed by atoms with Gasteiger partial charge in [-0.15, -0.1) is 0 Å². The van der Waals surface area contributed by atoms with E-state index >= 15 is 0 Å². The summed E-state index contributed by atoms with van der Waals surface area (Å²) < 4.78 is 4.54. The topological polar surface area (TPSA) is 76.0 Å². The standard InChI is InChI=1S/C18H35NO2.C3H6O2/c1-3-4-5-6-7-8-9-10-11-12-13-14-16-19-17-15-18(20)21-2;1-2-3(4)5/h17H,3-16H2,1-2H3;2H2,1H3,(H,4,5). The van der Waals surface area contributed by atoms with Crippen LogP contribution in [0.15, 0.2) is 4.99 Å². The molecule has 26 heavy (non-hydrogen) atoms. The molecule has 0 aromatic heterocycles. The van der Waals surface area contributed by atoms with Crippen molar-refractivity contribution in [1.29, 1.82) is 0 Å². The average Bonchev–Trinajstić information content (AvgIpc) is 2.65. The zero-order valence-electron chi connectivity index (χ0n) is 17.3. The summed E-state index contributed by atoms with van der Waals surface area (Å²) in [5, 5.41) is 7.72. The molecule has 0 rings (SSSR count). The molecule has 154 valence electrons. The van der Waals surface area contributed by atoms with Crippen molar-refractivity contribution in [2.75, 3.05) is 13.7 Å². The maximum Gasteiger partial charge on any atom is 0.310 e. The number of rotatable bonds is 16. The highest BCUT2D eigenvalue weighted by Gasteiger charge is 1.95. The fraction of sp³-hybridized carbons (Fsp3) is 0.857. The van der Waals surface area contributed by atoms with E-state index in [4.69, 9.17) is 5.11 Å². The lowest BCUT2D eigenvalue weighted by Crippen LogP contribution is -2.00. The predicted octanol–water partition coefficient (Wildman–Crippen LogP) is 5.80. The number of ether oxygens (including phenoxy) is 1. The highest BCUT2D eigenvalue weighted by Crippen LogP contribution is 2.11. The molecule has 0 heterocycles. The minimum Gasteiger partial charge on any atom is -0.481 e. The Labute approximate surface area is 160 Å². The van der Waals surface area contributed by atoms with Gasteiger partial charge >= 0.3 is 11.9 Å². The van der Waals surface area contributed by atoms with Gasteiger partial charge in [-0.1, -0.05) is 84.5 Å². The van der Waals surface area contributed by atoms with Crippen molar-refractivity contribution in [3.63, 3.8) is 0 Å². The highest BCUT2D eigenvalue weighted by atomic mass is 16.5. The molecule has 0 unspecified atom stereocenters. The molecule has 1 N–H and O–H groups in total. The van der Waals surface area contributed by atoms with Crippen LogP contribution < -0.4 is 0 Å². The van der Waals surface area contributed by atoms with Crippen LogP contribution in [0.3, 0.4) is 0 Å². The Morgan fingerprint density at radius 1 is 0.846 bits per heavy atom. The molecule has 0 saturated carbocycles. The SMILES string of the molecule is CCC(=O)O.CCCCCCCCCCCCCCN=CCC(=O)OC. The van der Waals surface area contributed by atoms with Gasteiger partial charge in [-0.05, 0) is 6.42 Å². The van der Waals surface area contributed by atoms with Crippen LogP contribution in [-0.4, -0.2) is 36.9 Å². The summed E-state index contributed by atoms with van der Waals surface area (Å²) in [5.74, 6) is -0.960. The van der Waals surface area contributed by atoms with Gasteiger partial charge < -0.3 is 9.84 Å². The lowest BCUT2D eigenvalue weighted by molar-refractivity contribution is -0.139. The van der Waals surface area contributed by atoms with Gasteiger partial charge in [-0.3, -0.25) is 14.6 Å². The van der Waals surface area contributed by atoms with Crippen molar-refractivity contribution in [1.82, 2.24) is 0 Å². The Morgan fingerprint density at radius 3 is 1.65 bits per heavy atom. The van der Waals surface area contributed by atoms with Crippen molar-refractivity contribution in [2.45, 2.75) is 104 Å². The van der Waals surface area contributed by atoms with Gasteiger partial charge in [0.25, 0.3) is 0 Å². The minimum atomic E-state index is -0.745. The van der Waals surface area contributed by atoms with Gasteiger partial charge in [0, 0.05) is 19.2 Å². The molecule has 0 aliphatic heterocycles. The summed E-state index contributed by atoms with van der Waals surface area (Å²) >= 11 is 0. The Kier molecular flexibility index (Phi) is 24.4. The van der Waals surface area contributed by atoms with E-state index in [0.717, 1.165) is 13.0 Å². The normalized spacial score (nSPS) is 10.4. The summed E-state index contributed by atoms with van der Waals surface area (Å²) in [6.45, 7) is 4.71. The smallest absolute Gasteiger partial charge is 0.310 e. The van der Waals surface area contributed by atoms with E-state index < -0.39 is 5.97 Å². The first-order chi connectivity index (χ1) is 12.6. The number of methoxy groups -OCH3 is 1. The second-order valence-corrected chi connectivity index (χ2v) is 6.51. The van der Waals surface area contributed by atoms with E-state index in [9.17, 15) is 9.59 Å². The van der Waals surface area contributed by atoms with Crippen molar-refractivity contribution < 1.29 is 19.4 Å². The molecular weight excluding hydrogens is 330 g/mol. The van der Waals surface area contributed by atoms with E-state index in [2.05, 4.69) is 16.7 Å². The number of nitrogens with zero attached hydrogens (tertiary/aromatic N) is 1. The Hall–Kier alpha value is -1.39. The third-order valence-corrected chi connectivity index (χ3v) is 4.06. The van der Waals surface area contributed by atoms with Crippen LogP contribution in [0.25, 0.3) is 0 Å². The summed E-state index contributed by atoms with van der Waals surface area (Å²) in [4.78, 5) is 24.4. The van der Waals surface area contributed by atoms with E-state index in [1.807, 2.05) is 0 Å². The molecule has 0 atom stereocenters. The molecule has 0 spiro atoms. The molecule has 0 aromatic rings. The molecule has 0 amide bonds. The predicted molar refractivity (Wildman–Crippen MR) is 109 cm³/mol. The van der Waals surface area contributed by atoms with E-state index in [0.29, 0.717) is 6.42 Å². The fourth-order valence-electron chi connectivity index (χ4n) is 2.36. The molecular formula is C21H41NO4. The van der Waals surface area contributed by atoms with Crippen LogP contribution in [0.1, 0.15) is 104 Å². The van der Waals surface area contributed by atoms with Crippen LogP contribution in [0.4, 0.5) is 0 Å². The van der Waals surface area contributed by atoms with Crippen molar-refractivity contribution in [3.8, 4) is 0 Å². The summed E-state index contributed by atoms with van der Waals surface area (Å²) in [7, 11) is 1.40. The fourth-order valence-corrected chi connectivity index (χ4v) is 2.36. The first-order valence-electron chi connectivity index (χ1n) is 10.3. The molecule has 0 radical (unpaired) electrons. The van der Waals surface area contributed by atoms with Gasteiger partial charge in [-0.25, -0.2) is 0 Å². The lowest BCUT2D eigenvalue weighted by Gasteiger charge is -2.02. The number of aliphatic imine (C=N–C) groups is 1. The van der Waals surface area contributed by atoms with Gasteiger partial charge in [0.1, 0.15) is 0 Å². The number of hydrogen-bond acceptors (Lipinski definition) is 4. The number of carbonyl (C=O) groups excluding carboxylic acids is 1. The maximum atomic E-state index is 10.8. The van der Waals surface area contributed by atoms with Crippen LogP contribution in [0, 0.1) is 0 Å². The molecule has 0 aromatic carbocycles. The van der Waals surface area contributed by atoms with Gasteiger partial charge in [0.15, 0.2) is 0 Å². The van der Waals surface area contributed by atoms with Crippen molar-refractivity contribution in [3.05, 3.63) is 0 Å². The Balaban J connectivity index is 0. The quantitative estimate of drug-likeness (QED) is 0.211. The van der Waals surface area contributed by atoms with Gasteiger partial charge in [0.05, 0.1) is 13.5 Å². The summed E-state index contributed by atoms with van der Waals surface area (Å²) in [5.41, 5.74) is 0. The first kappa shape index (κ1) is 26.8. The first-order valence-corrected chi connectivity index (χ1v) is 10.3. The van der Waals surface area contributed by atoms with Crippen molar-refractivity contribution in [2.24, 2.45) is 4.99 Å². The number of carboxylic acid groups (broad SMARTS) is 1. The third kappa shape index (κ3) is 27.5. The summed E-state index contributed by atoms with van der Waals surface area (Å²) in [6, 6.07) is 0. The van der Waals surface area contributed by atoms with Crippen LogP contribution >= 0.6 is 0 Å². The van der Waals surface area contributed by atoms with Crippen molar-refractivity contribution >= 4 is 18.2 Å². The zero-order chi connectivity index (χ0) is 19.9. The summed E-state index contributed by atoms with van der Waals surface area (Å²) in [6.07, 6.45) is 18.5. The Bertz CT molecular complexity index is 343. The van der Waals surface area contributed by atoms with Crippen LogP contribution in [0.5, 0.6) is 0 Å². The number of carboxylic acids is 1. The molecule has 0 aliphatic carbocycles. The van der Waals surface area contributed by atoms with Gasteiger partial charge in [0.2, 0.25) is 0 Å². The average molecular weight is 372 g/mol. The molecule has 5 nitrogen and oxygen atoms in total. The minimum absolute atomic E-state index is 0.214. The monoisotopic (exact) mass is 371 g/mol. The number of carbonyl (C=O) groups is 2.